The summed E-state index contributed by atoms with van der Waals surface area (Å²) < 4.78 is 10.8. The molecule has 0 heterocycles. The molecule has 2 amide bonds. The molecule has 0 aromatic heterocycles. The van der Waals surface area contributed by atoms with Crippen molar-refractivity contribution in [1.29, 1.82) is 0 Å². The van der Waals surface area contributed by atoms with Crippen LogP contribution in [-0.2, 0) is 16.1 Å². The molecule has 0 radical (unpaired) electrons. The number of nitrogens with two attached hydrogens (primary N) is 1. The lowest BCUT2D eigenvalue weighted by molar-refractivity contribution is 0.00254. The highest BCUT2D eigenvalue weighted by Gasteiger charge is 2.39. The second-order valence-corrected chi connectivity index (χ2v) is 7.96. The molecule has 1 saturated carbocycles. The number of carbonyl (C=O) groups excluding carboxylic acids is 2. The summed E-state index contributed by atoms with van der Waals surface area (Å²) in [5.74, 6) is -0.171. The molecule has 2 rings (SSSR count). The monoisotopic (exact) mass is 378 g/mol. The van der Waals surface area contributed by atoms with Crippen LogP contribution in [0.5, 0.6) is 0 Å². The largest absolute Gasteiger partial charge is 0.444 e. The van der Waals surface area contributed by atoms with Crippen LogP contribution in [0.1, 0.15) is 45.6 Å². The van der Waals surface area contributed by atoms with Crippen molar-refractivity contribution in [2.24, 2.45) is 11.7 Å². The topological polar surface area (TPSA) is 102 Å². The summed E-state index contributed by atoms with van der Waals surface area (Å²) in [5.41, 5.74) is 6.12. The van der Waals surface area contributed by atoms with Gasteiger partial charge in [-0.05, 0) is 51.5 Å². The zero-order valence-corrected chi connectivity index (χ0v) is 16.3. The Morgan fingerprint density at radius 3 is 2.44 bits per heavy atom. The molecule has 7 nitrogen and oxygen atoms in total. The molecule has 1 aliphatic rings. The van der Waals surface area contributed by atoms with Crippen molar-refractivity contribution in [3.05, 3.63) is 35.9 Å². The van der Waals surface area contributed by atoms with E-state index in [0.717, 1.165) is 10.5 Å². The van der Waals surface area contributed by atoms with E-state index >= 15 is 0 Å². The molecule has 0 spiro atoms. The number of carbonyl (C=O) groups is 2. The molecule has 0 bridgehead atoms. The van der Waals surface area contributed by atoms with Crippen LogP contribution in [0.3, 0.4) is 0 Å². The van der Waals surface area contributed by atoms with Crippen LogP contribution < -0.4 is 5.73 Å². The van der Waals surface area contributed by atoms with Crippen molar-refractivity contribution in [1.82, 2.24) is 4.90 Å². The number of imide groups is 1. The maximum absolute atomic E-state index is 12.7. The highest BCUT2D eigenvalue weighted by Crippen LogP contribution is 2.29. The van der Waals surface area contributed by atoms with Gasteiger partial charge in [0.25, 0.3) is 0 Å². The summed E-state index contributed by atoms with van der Waals surface area (Å²) in [5, 5.41) is 9.55. The number of benzene rings is 1. The molecule has 1 aromatic carbocycles. The standard InChI is InChI=1S/C20H30N2O5/c1-20(2,3)27-19(25)22(16-9-10-17(21)15(11-16)12-23)18(24)26-13-14-7-5-4-6-8-14/h4-8,15-17,23H,9-13,21H2,1-3H3. The van der Waals surface area contributed by atoms with Crippen LogP contribution in [0, 0.1) is 5.92 Å². The number of rotatable bonds is 4. The Kier molecular flexibility index (Phi) is 7.21. The minimum Gasteiger partial charge on any atom is -0.444 e. The van der Waals surface area contributed by atoms with Crippen LogP contribution in [0.2, 0.25) is 0 Å². The van der Waals surface area contributed by atoms with Crippen molar-refractivity contribution in [3.8, 4) is 0 Å². The van der Waals surface area contributed by atoms with E-state index in [1.807, 2.05) is 30.3 Å². The molecule has 3 atom stereocenters. The highest BCUT2D eigenvalue weighted by molar-refractivity contribution is 5.88. The summed E-state index contributed by atoms with van der Waals surface area (Å²) in [6, 6.07) is 8.69. The fourth-order valence-corrected chi connectivity index (χ4v) is 3.18. The molecular formula is C20H30N2O5. The molecule has 3 N–H and O–H groups in total. The molecule has 3 unspecified atom stereocenters. The van der Waals surface area contributed by atoms with Gasteiger partial charge in [-0.3, -0.25) is 0 Å². The second kappa shape index (κ2) is 9.19. The van der Waals surface area contributed by atoms with E-state index in [-0.39, 0.29) is 25.2 Å². The predicted molar refractivity (Wildman–Crippen MR) is 101 cm³/mol. The van der Waals surface area contributed by atoms with E-state index in [0.29, 0.717) is 19.3 Å². The van der Waals surface area contributed by atoms with E-state index in [1.54, 1.807) is 20.8 Å². The fraction of sp³-hybridized carbons (Fsp3) is 0.600. The maximum atomic E-state index is 12.7. The average molecular weight is 378 g/mol. The zero-order valence-electron chi connectivity index (χ0n) is 16.3. The molecule has 0 aliphatic heterocycles. The number of aliphatic hydroxyl groups is 1. The van der Waals surface area contributed by atoms with Crippen molar-refractivity contribution >= 4 is 12.2 Å². The van der Waals surface area contributed by atoms with E-state index in [4.69, 9.17) is 15.2 Å². The van der Waals surface area contributed by atoms with E-state index in [1.165, 1.54) is 0 Å². The third-order valence-corrected chi connectivity index (χ3v) is 4.61. The molecule has 150 valence electrons. The van der Waals surface area contributed by atoms with E-state index in [9.17, 15) is 14.7 Å². The lowest BCUT2D eigenvalue weighted by Gasteiger charge is -2.38. The lowest BCUT2D eigenvalue weighted by Crippen LogP contribution is -2.52. The zero-order chi connectivity index (χ0) is 20.0. The summed E-state index contributed by atoms with van der Waals surface area (Å²) in [6.45, 7) is 5.20. The van der Waals surface area contributed by atoms with Crippen molar-refractivity contribution in [3.63, 3.8) is 0 Å². The van der Waals surface area contributed by atoms with Crippen molar-refractivity contribution in [2.75, 3.05) is 6.61 Å². The van der Waals surface area contributed by atoms with Crippen LogP contribution in [0.25, 0.3) is 0 Å². The number of hydrogen-bond acceptors (Lipinski definition) is 6. The Morgan fingerprint density at radius 2 is 1.85 bits per heavy atom. The minimum atomic E-state index is -0.745. The van der Waals surface area contributed by atoms with Gasteiger partial charge in [-0.25, -0.2) is 14.5 Å². The van der Waals surface area contributed by atoms with Gasteiger partial charge in [-0.15, -0.1) is 0 Å². The molecule has 0 saturated heterocycles. The number of hydrogen-bond donors (Lipinski definition) is 2. The Hall–Kier alpha value is -2.12. The lowest BCUT2D eigenvalue weighted by atomic mass is 9.82. The van der Waals surface area contributed by atoms with Gasteiger partial charge < -0.3 is 20.3 Å². The Balaban J connectivity index is 2.13. The summed E-state index contributed by atoms with van der Waals surface area (Å²) in [4.78, 5) is 26.5. The van der Waals surface area contributed by atoms with Crippen LogP contribution in [0.15, 0.2) is 30.3 Å². The van der Waals surface area contributed by atoms with E-state index < -0.39 is 23.8 Å². The maximum Gasteiger partial charge on any atom is 0.420 e. The number of aliphatic hydroxyl groups excluding tert-OH is 1. The normalized spacial score (nSPS) is 22.8. The van der Waals surface area contributed by atoms with Gasteiger partial charge in [0, 0.05) is 18.7 Å². The van der Waals surface area contributed by atoms with Crippen LogP contribution in [0.4, 0.5) is 9.59 Å². The summed E-state index contributed by atoms with van der Waals surface area (Å²) in [7, 11) is 0. The minimum absolute atomic E-state index is 0.0641. The van der Waals surface area contributed by atoms with Gasteiger partial charge in [0.1, 0.15) is 12.2 Å². The molecular weight excluding hydrogens is 348 g/mol. The first-order chi connectivity index (χ1) is 12.7. The molecule has 27 heavy (non-hydrogen) atoms. The van der Waals surface area contributed by atoms with Crippen LogP contribution in [-0.4, -0.2) is 46.5 Å². The predicted octanol–water partition coefficient (Wildman–Crippen LogP) is 3.05. The molecule has 1 aromatic rings. The quantitative estimate of drug-likeness (QED) is 0.835. The number of ether oxygens (including phenoxy) is 2. The van der Waals surface area contributed by atoms with Gasteiger partial charge in [-0.1, -0.05) is 30.3 Å². The van der Waals surface area contributed by atoms with E-state index in [2.05, 4.69) is 0 Å². The van der Waals surface area contributed by atoms with Crippen LogP contribution >= 0.6 is 0 Å². The summed E-state index contributed by atoms with van der Waals surface area (Å²) >= 11 is 0. The second-order valence-electron chi connectivity index (χ2n) is 7.96. The molecule has 7 heteroatoms. The third-order valence-electron chi connectivity index (χ3n) is 4.61. The number of nitrogens with zero attached hydrogens (tertiary/aromatic N) is 1. The first-order valence-corrected chi connectivity index (χ1v) is 9.30. The van der Waals surface area contributed by atoms with Gasteiger partial charge in [0.15, 0.2) is 0 Å². The third kappa shape index (κ3) is 6.22. The van der Waals surface area contributed by atoms with Gasteiger partial charge in [-0.2, -0.15) is 0 Å². The molecule has 1 fully saturated rings. The first-order valence-electron chi connectivity index (χ1n) is 9.30. The first kappa shape index (κ1) is 21.2. The Morgan fingerprint density at radius 1 is 1.19 bits per heavy atom. The van der Waals surface area contributed by atoms with Crippen molar-refractivity contribution in [2.45, 2.75) is 64.3 Å². The summed E-state index contributed by atoms with van der Waals surface area (Å²) in [6.07, 6.45) is 0.110. The Labute approximate surface area is 160 Å². The average Bonchev–Trinajstić information content (AvgIpc) is 2.61. The van der Waals surface area contributed by atoms with Gasteiger partial charge in [0.2, 0.25) is 0 Å². The van der Waals surface area contributed by atoms with Crippen molar-refractivity contribution < 1.29 is 24.2 Å². The highest BCUT2D eigenvalue weighted by atomic mass is 16.6. The van der Waals surface area contributed by atoms with Gasteiger partial charge >= 0.3 is 12.2 Å². The smallest absolute Gasteiger partial charge is 0.420 e. The number of amides is 2. The fourth-order valence-electron chi connectivity index (χ4n) is 3.18. The Bertz CT molecular complexity index is 629. The van der Waals surface area contributed by atoms with Gasteiger partial charge in [0.05, 0.1) is 0 Å². The SMILES string of the molecule is CC(C)(C)OC(=O)N(C(=O)OCc1ccccc1)C1CCC(N)C(CO)C1. The molecule has 1 aliphatic carbocycles.